The van der Waals surface area contributed by atoms with Crippen molar-refractivity contribution in [2.75, 3.05) is 12.4 Å². The van der Waals surface area contributed by atoms with Gasteiger partial charge in [0.05, 0.1) is 0 Å². The summed E-state index contributed by atoms with van der Waals surface area (Å²) < 4.78 is 0. The molecule has 6 heteroatoms. The molecule has 1 aromatic heterocycles. The maximum atomic E-state index is 12.6. The van der Waals surface area contributed by atoms with Crippen LogP contribution in [0.3, 0.4) is 0 Å². The summed E-state index contributed by atoms with van der Waals surface area (Å²) in [6, 6.07) is 13.5. The molecule has 0 fully saturated rings. The van der Waals surface area contributed by atoms with Crippen LogP contribution in [0.5, 0.6) is 0 Å². The molecule has 1 heterocycles. The van der Waals surface area contributed by atoms with Gasteiger partial charge in [-0.1, -0.05) is 44.2 Å². The van der Waals surface area contributed by atoms with E-state index in [9.17, 15) is 9.59 Å². The molecular weight excluding hydrogens is 370 g/mol. The van der Waals surface area contributed by atoms with Gasteiger partial charge in [-0.05, 0) is 36.1 Å². The lowest BCUT2D eigenvalue weighted by Crippen LogP contribution is -2.19. The van der Waals surface area contributed by atoms with Gasteiger partial charge in [0.15, 0.2) is 0 Å². The van der Waals surface area contributed by atoms with E-state index in [0.29, 0.717) is 22.9 Å². The van der Waals surface area contributed by atoms with Crippen molar-refractivity contribution in [2.45, 2.75) is 26.7 Å². The van der Waals surface area contributed by atoms with Crippen molar-refractivity contribution in [3.8, 4) is 10.6 Å². The molecule has 28 heavy (non-hydrogen) atoms. The second-order valence-corrected chi connectivity index (χ2v) is 7.74. The van der Waals surface area contributed by atoms with Crippen LogP contribution in [-0.2, 0) is 0 Å². The van der Waals surface area contributed by atoms with Gasteiger partial charge < -0.3 is 10.6 Å². The maximum Gasteiger partial charge on any atom is 0.275 e. The minimum Gasteiger partial charge on any atom is -0.355 e. The Bertz CT molecular complexity index is 1010. The normalized spacial score (nSPS) is 10.8. The van der Waals surface area contributed by atoms with Crippen LogP contribution < -0.4 is 10.6 Å². The molecule has 3 rings (SSSR count). The smallest absolute Gasteiger partial charge is 0.275 e. The number of benzene rings is 2. The minimum absolute atomic E-state index is 0.198. The lowest BCUT2D eigenvalue weighted by molar-refractivity contribution is 0.0961. The summed E-state index contributed by atoms with van der Waals surface area (Å²) in [6.07, 6.45) is 0. The van der Waals surface area contributed by atoms with E-state index < -0.39 is 0 Å². The van der Waals surface area contributed by atoms with Crippen LogP contribution in [-0.4, -0.2) is 23.8 Å². The summed E-state index contributed by atoms with van der Waals surface area (Å²) in [7, 11) is 1.57. The molecule has 0 spiro atoms. The average molecular weight is 394 g/mol. The van der Waals surface area contributed by atoms with Crippen LogP contribution in [0.1, 0.15) is 51.7 Å². The third-order valence-electron chi connectivity index (χ3n) is 4.54. The highest BCUT2D eigenvalue weighted by Crippen LogP contribution is 2.26. The summed E-state index contributed by atoms with van der Waals surface area (Å²) >= 11 is 1.44. The van der Waals surface area contributed by atoms with Gasteiger partial charge in [0.2, 0.25) is 0 Å². The second kappa shape index (κ2) is 8.35. The molecule has 2 N–H and O–H groups in total. The fourth-order valence-electron chi connectivity index (χ4n) is 2.75. The third-order valence-corrected chi connectivity index (χ3v) is 5.43. The quantitative estimate of drug-likeness (QED) is 0.651. The summed E-state index contributed by atoms with van der Waals surface area (Å²) in [6.45, 7) is 6.19. The standard InChI is InChI=1S/C22H23N3O2S/c1-13(2)15-7-9-16(10-8-15)22-25-19(12-28-22)21(27)24-18-11-17(20(26)23-4)6-5-14(18)3/h5-13H,1-4H3,(H,23,26)(H,24,27). The van der Waals surface area contributed by atoms with Crippen LogP contribution in [0.4, 0.5) is 5.69 Å². The highest BCUT2D eigenvalue weighted by molar-refractivity contribution is 7.13. The van der Waals surface area contributed by atoms with Crippen molar-refractivity contribution >= 4 is 28.8 Å². The number of hydrogen-bond donors (Lipinski definition) is 2. The molecule has 0 unspecified atom stereocenters. The topological polar surface area (TPSA) is 71.1 Å². The Balaban J connectivity index is 1.78. The summed E-state index contributed by atoms with van der Waals surface area (Å²) in [5, 5.41) is 7.99. The number of carbonyl (C=O) groups is 2. The van der Waals surface area contributed by atoms with E-state index >= 15 is 0 Å². The number of amides is 2. The van der Waals surface area contributed by atoms with E-state index in [-0.39, 0.29) is 11.8 Å². The molecule has 0 saturated heterocycles. The van der Waals surface area contributed by atoms with Gasteiger partial charge in [0, 0.05) is 29.2 Å². The Kier molecular flexibility index (Phi) is 5.90. The Morgan fingerprint density at radius 1 is 1.04 bits per heavy atom. The number of aromatic nitrogens is 1. The van der Waals surface area contributed by atoms with Crippen LogP contribution in [0.2, 0.25) is 0 Å². The minimum atomic E-state index is -0.293. The zero-order valence-electron chi connectivity index (χ0n) is 16.4. The monoisotopic (exact) mass is 393 g/mol. The molecule has 0 aliphatic carbocycles. The molecule has 0 aliphatic rings. The van der Waals surface area contributed by atoms with E-state index in [1.165, 1.54) is 16.9 Å². The predicted octanol–water partition coefficient (Wildman–Crippen LogP) is 4.85. The maximum absolute atomic E-state index is 12.6. The van der Waals surface area contributed by atoms with Crippen LogP contribution in [0.25, 0.3) is 10.6 Å². The summed E-state index contributed by atoms with van der Waals surface area (Å²) in [4.78, 5) is 28.9. The molecule has 3 aromatic rings. The van der Waals surface area contributed by atoms with E-state index in [0.717, 1.165) is 16.1 Å². The Morgan fingerprint density at radius 3 is 2.39 bits per heavy atom. The van der Waals surface area contributed by atoms with Crippen LogP contribution >= 0.6 is 11.3 Å². The van der Waals surface area contributed by atoms with Crippen molar-refractivity contribution in [3.05, 3.63) is 70.2 Å². The molecule has 2 aromatic carbocycles. The fourth-order valence-corrected chi connectivity index (χ4v) is 3.56. The van der Waals surface area contributed by atoms with E-state index in [1.807, 2.05) is 25.1 Å². The van der Waals surface area contributed by atoms with Gasteiger partial charge in [0.1, 0.15) is 10.7 Å². The molecule has 0 saturated carbocycles. The van der Waals surface area contributed by atoms with Gasteiger partial charge in [-0.2, -0.15) is 0 Å². The second-order valence-electron chi connectivity index (χ2n) is 6.88. The lowest BCUT2D eigenvalue weighted by atomic mass is 10.0. The first-order valence-electron chi connectivity index (χ1n) is 9.09. The van der Waals surface area contributed by atoms with Crippen molar-refractivity contribution < 1.29 is 9.59 Å². The van der Waals surface area contributed by atoms with E-state index in [2.05, 4.69) is 41.6 Å². The van der Waals surface area contributed by atoms with E-state index in [4.69, 9.17) is 0 Å². The van der Waals surface area contributed by atoms with Crippen molar-refractivity contribution in [2.24, 2.45) is 0 Å². The SMILES string of the molecule is CNC(=O)c1ccc(C)c(NC(=O)c2csc(-c3ccc(C(C)C)cc3)n2)c1. The first-order chi connectivity index (χ1) is 13.4. The molecule has 0 aliphatic heterocycles. The lowest BCUT2D eigenvalue weighted by Gasteiger charge is -2.09. The molecule has 144 valence electrons. The zero-order valence-corrected chi connectivity index (χ0v) is 17.2. The van der Waals surface area contributed by atoms with Crippen molar-refractivity contribution in [3.63, 3.8) is 0 Å². The summed E-state index contributed by atoms with van der Waals surface area (Å²) in [5.41, 5.74) is 4.59. The molecule has 0 bridgehead atoms. The molecule has 0 radical (unpaired) electrons. The number of nitrogens with one attached hydrogen (secondary N) is 2. The zero-order chi connectivity index (χ0) is 20.3. The molecule has 0 atom stereocenters. The third kappa shape index (κ3) is 4.28. The number of aryl methyl sites for hydroxylation is 1. The van der Waals surface area contributed by atoms with Gasteiger partial charge in [0.25, 0.3) is 11.8 Å². The predicted molar refractivity (Wildman–Crippen MR) is 114 cm³/mol. The number of hydrogen-bond acceptors (Lipinski definition) is 4. The van der Waals surface area contributed by atoms with Crippen molar-refractivity contribution in [1.82, 2.24) is 10.3 Å². The highest BCUT2D eigenvalue weighted by atomic mass is 32.1. The molecular formula is C22H23N3O2S. The fraction of sp³-hybridized carbons (Fsp3) is 0.227. The first-order valence-corrected chi connectivity index (χ1v) is 9.97. The number of nitrogens with zero attached hydrogens (tertiary/aromatic N) is 1. The number of thiazole rings is 1. The van der Waals surface area contributed by atoms with Crippen molar-refractivity contribution in [1.29, 1.82) is 0 Å². The average Bonchev–Trinajstić information content (AvgIpc) is 3.19. The molecule has 5 nitrogen and oxygen atoms in total. The van der Waals surface area contributed by atoms with E-state index in [1.54, 1.807) is 24.6 Å². The van der Waals surface area contributed by atoms with Crippen LogP contribution in [0.15, 0.2) is 47.8 Å². The highest BCUT2D eigenvalue weighted by Gasteiger charge is 2.14. The largest absolute Gasteiger partial charge is 0.355 e. The Labute approximate surface area is 168 Å². The van der Waals surface area contributed by atoms with Gasteiger partial charge >= 0.3 is 0 Å². The number of carbonyl (C=O) groups excluding carboxylic acids is 2. The number of rotatable bonds is 5. The molecule has 2 amide bonds. The van der Waals surface area contributed by atoms with Gasteiger partial charge in [-0.15, -0.1) is 11.3 Å². The number of anilines is 1. The van der Waals surface area contributed by atoms with Gasteiger partial charge in [-0.25, -0.2) is 4.98 Å². The Morgan fingerprint density at radius 2 is 1.75 bits per heavy atom. The van der Waals surface area contributed by atoms with Crippen LogP contribution in [0, 0.1) is 6.92 Å². The summed E-state index contributed by atoms with van der Waals surface area (Å²) in [5.74, 6) is -0.0183. The van der Waals surface area contributed by atoms with Gasteiger partial charge in [-0.3, -0.25) is 9.59 Å². The first kappa shape index (κ1) is 19.8. The Hall–Kier alpha value is -2.99.